The van der Waals surface area contributed by atoms with Crippen molar-refractivity contribution in [3.63, 3.8) is 0 Å². The van der Waals surface area contributed by atoms with Gasteiger partial charge in [0, 0.05) is 18.5 Å². The van der Waals surface area contributed by atoms with E-state index in [2.05, 4.69) is 33.0 Å². The second-order valence-electron chi connectivity index (χ2n) is 6.05. The van der Waals surface area contributed by atoms with Crippen LogP contribution in [0.15, 0.2) is 0 Å². The van der Waals surface area contributed by atoms with Crippen LogP contribution in [-0.2, 0) is 4.79 Å². The van der Waals surface area contributed by atoms with Crippen LogP contribution in [0.1, 0.15) is 53.4 Å². The highest BCUT2D eigenvalue weighted by Crippen LogP contribution is 2.44. The van der Waals surface area contributed by atoms with Crippen molar-refractivity contribution in [1.29, 1.82) is 0 Å². The zero-order valence-electron chi connectivity index (χ0n) is 11.8. The number of carbonyl (C=O) groups is 1. The molecule has 0 heterocycles. The molecule has 0 aliphatic heterocycles. The lowest BCUT2D eigenvalue weighted by Crippen LogP contribution is -2.51. The Morgan fingerprint density at radius 2 is 2.06 bits per heavy atom. The number of hydrogen-bond donors (Lipinski definition) is 2. The van der Waals surface area contributed by atoms with E-state index in [-0.39, 0.29) is 23.3 Å². The first-order chi connectivity index (χ1) is 7.91. The van der Waals surface area contributed by atoms with Crippen LogP contribution < -0.4 is 11.1 Å². The molecule has 1 aliphatic carbocycles. The van der Waals surface area contributed by atoms with Crippen molar-refractivity contribution < 1.29 is 4.79 Å². The van der Waals surface area contributed by atoms with Gasteiger partial charge >= 0.3 is 0 Å². The number of unbranched alkanes of at least 4 members (excludes halogenated alkanes) is 1. The quantitative estimate of drug-likeness (QED) is 0.741. The Labute approximate surface area is 106 Å². The van der Waals surface area contributed by atoms with Crippen LogP contribution in [0, 0.1) is 17.3 Å². The summed E-state index contributed by atoms with van der Waals surface area (Å²) in [6.07, 6.45) is 4.08. The van der Waals surface area contributed by atoms with Crippen LogP contribution in [0.2, 0.25) is 0 Å². The highest BCUT2D eigenvalue weighted by atomic mass is 16.1. The molecule has 1 amide bonds. The molecule has 0 aromatic heterocycles. The molecule has 3 nitrogen and oxygen atoms in total. The Kier molecular flexibility index (Phi) is 4.99. The van der Waals surface area contributed by atoms with Gasteiger partial charge < -0.3 is 11.1 Å². The molecule has 3 heteroatoms. The van der Waals surface area contributed by atoms with Crippen LogP contribution in [-0.4, -0.2) is 18.5 Å². The Bertz CT molecular complexity index is 263. The van der Waals surface area contributed by atoms with E-state index in [9.17, 15) is 4.79 Å². The molecule has 0 bridgehead atoms. The monoisotopic (exact) mass is 240 g/mol. The van der Waals surface area contributed by atoms with E-state index >= 15 is 0 Å². The summed E-state index contributed by atoms with van der Waals surface area (Å²) in [7, 11) is 0. The smallest absolute Gasteiger partial charge is 0.223 e. The third kappa shape index (κ3) is 3.21. The van der Waals surface area contributed by atoms with Crippen LogP contribution in [0.4, 0.5) is 0 Å². The molecule has 17 heavy (non-hydrogen) atoms. The lowest BCUT2D eigenvalue weighted by Gasteiger charge is -2.46. The summed E-state index contributed by atoms with van der Waals surface area (Å²) in [6.45, 7) is 9.48. The van der Waals surface area contributed by atoms with Gasteiger partial charge in [0.25, 0.3) is 0 Å². The molecule has 100 valence electrons. The van der Waals surface area contributed by atoms with E-state index in [1.807, 2.05) is 0 Å². The summed E-state index contributed by atoms with van der Waals surface area (Å²) in [5.41, 5.74) is 6.11. The molecule has 0 aromatic rings. The molecule has 3 N–H and O–H groups in total. The molecule has 1 aliphatic rings. The van der Waals surface area contributed by atoms with Crippen molar-refractivity contribution in [2.24, 2.45) is 23.0 Å². The number of nitrogens with one attached hydrogen (secondary N) is 1. The van der Waals surface area contributed by atoms with Crippen molar-refractivity contribution in [3.8, 4) is 0 Å². The predicted octanol–water partition coefficient (Wildman–Crippen LogP) is 2.30. The number of nitrogens with two attached hydrogens (primary N) is 1. The van der Waals surface area contributed by atoms with Gasteiger partial charge in [0.15, 0.2) is 0 Å². The summed E-state index contributed by atoms with van der Waals surface area (Å²) < 4.78 is 0. The minimum absolute atomic E-state index is 0.00790. The van der Waals surface area contributed by atoms with E-state index in [4.69, 9.17) is 5.73 Å². The molecule has 1 saturated carbocycles. The molecule has 1 rings (SSSR count). The Hall–Kier alpha value is -0.570. The van der Waals surface area contributed by atoms with Gasteiger partial charge in [-0.3, -0.25) is 4.79 Å². The van der Waals surface area contributed by atoms with Gasteiger partial charge in [-0.15, -0.1) is 0 Å². The lowest BCUT2D eigenvalue weighted by atomic mass is 9.61. The van der Waals surface area contributed by atoms with Crippen molar-refractivity contribution in [2.75, 3.05) is 6.54 Å². The normalized spacial score (nSPS) is 32.2. The van der Waals surface area contributed by atoms with E-state index in [1.54, 1.807) is 0 Å². The van der Waals surface area contributed by atoms with Gasteiger partial charge in [-0.1, -0.05) is 34.1 Å². The topological polar surface area (TPSA) is 55.1 Å². The molecule has 1 fully saturated rings. The largest absolute Gasteiger partial charge is 0.356 e. The fourth-order valence-corrected chi connectivity index (χ4v) is 2.83. The Morgan fingerprint density at radius 1 is 1.41 bits per heavy atom. The minimum Gasteiger partial charge on any atom is -0.356 e. The van der Waals surface area contributed by atoms with E-state index in [1.165, 1.54) is 0 Å². The average molecular weight is 240 g/mol. The van der Waals surface area contributed by atoms with Crippen molar-refractivity contribution in [3.05, 3.63) is 0 Å². The summed E-state index contributed by atoms with van der Waals surface area (Å²) in [5, 5.41) is 3.06. The molecular weight excluding hydrogens is 212 g/mol. The third-order valence-corrected chi connectivity index (χ3v) is 4.65. The third-order valence-electron chi connectivity index (χ3n) is 4.65. The summed E-state index contributed by atoms with van der Waals surface area (Å²) in [6, 6.07) is 0.240. The zero-order chi connectivity index (χ0) is 13.1. The van der Waals surface area contributed by atoms with Crippen molar-refractivity contribution >= 4 is 5.91 Å². The van der Waals surface area contributed by atoms with Gasteiger partial charge in [-0.2, -0.15) is 0 Å². The number of carbonyl (C=O) groups excluding carboxylic acids is 1. The van der Waals surface area contributed by atoms with E-state index < -0.39 is 0 Å². The van der Waals surface area contributed by atoms with Gasteiger partial charge in [0.05, 0.1) is 0 Å². The predicted molar refractivity (Wildman–Crippen MR) is 71.6 cm³/mol. The molecule has 0 radical (unpaired) electrons. The minimum atomic E-state index is 0.00790. The van der Waals surface area contributed by atoms with Crippen molar-refractivity contribution in [1.82, 2.24) is 5.32 Å². The first kappa shape index (κ1) is 14.5. The fraction of sp³-hybridized carbons (Fsp3) is 0.929. The summed E-state index contributed by atoms with van der Waals surface area (Å²) in [4.78, 5) is 12.2. The van der Waals surface area contributed by atoms with Crippen LogP contribution in [0.5, 0.6) is 0 Å². The maximum absolute atomic E-state index is 12.2. The molecule has 3 unspecified atom stereocenters. The maximum Gasteiger partial charge on any atom is 0.223 e. The number of amides is 1. The molecule has 0 aromatic carbocycles. The Morgan fingerprint density at radius 3 is 2.65 bits per heavy atom. The lowest BCUT2D eigenvalue weighted by molar-refractivity contribution is -0.132. The number of rotatable bonds is 4. The summed E-state index contributed by atoms with van der Waals surface area (Å²) >= 11 is 0. The van der Waals surface area contributed by atoms with Crippen LogP contribution >= 0.6 is 0 Å². The summed E-state index contributed by atoms with van der Waals surface area (Å²) in [5.74, 6) is 0.745. The van der Waals surface area contributed by atoms with Crippen LogP contribution in [0.25, 0.3) is 0 Å². The highest BCUT2D eigenvalue weighted by molar-refractivity contribution is 5.79. The molecule has 0 saturated heterocycles. The average Bonchev–Trinajstić information content (AvgIpc) is 2.26. The van der Waals surface area contributed by atoms with Gasteiger partial charge in [0.2, 0.25) is 5.91 Å². The fourth-order valence-electron chi connectivity index (χ4n) is 2.83. The maximum atomic E-state index is 12.2. The van der Waals surface area contributed by atoms with E-state index in [0.29, 0.717) is 5.92 Å². The molecular formula is C14H28N2O. The zero-order valence-corrected chi connectivity index (χ0v) is 11.8. The highest BCUT2D eigenvalue weighted by Gasteiger charge is 2.44. The molecule has 3 atom stereocenters. The molecule has 0 spiro atoms. The number of hydrogen-bond acceptors (Lipinski definition) is 2. The van der Waals surface area contributed by atoms with Gasteiger partial charge in [0.1, 0.15) is 0 Å². The van der Waals surface area contributed by atoms with Crippen LogP contribution in [0.3, 0.4) is 0 Å². The van der Waals surface area contributed by atoms with E-state index in [0.717, 1.165) is 32.2 Å². The SMILES string of the molecule is CCCCNC(=O)C1CCC(N)C(C)C1(C)C. The van der Waals surface area contributed by atoms with Gasteiger partial charge in [-0.25, -0.2) is 0 Å². The van der Waals surface area contributed by atoms with Crippen molar-refractivity contribution in [2.45, 2.75) is 59.4 Å². The second kappa shape index (κ2) is 5.85. The second-order valence-corrected chi connectivity index (χ2v) is 6.05. The Balaban J connectivity index is 2.60. The first-order valence-electron chi connectivity index (χ1n) is 6.94. The van der Waals surface area contributed by atoms with Gasteiger partial charge in [-0.05, 0) is 30.6 Å². The standard InChI is InChI=1S/C14H28N2O/c1-5-6-9-16-13(17)11-7-8-12(15)10(2)14(11,3)4/h10-12H,5-9,15H2,1-4H3,(H,16,17). The first-order valence-corrected chi connectivity index (χ1v) is 6.94.